The smallest absolute Gasteiger partial charge is 0.272 e. The number of aromatic nitrogens is 1. The summed E-state index contributed by atoms with van der Waals surface area (Å²) in [5.41, 5.74) is 0.984. The van der Waals surface area contributed by atoms with Crippen LogP contribution >= 0.6 is 22.6 Å². The fourth-order valence-corrected chi connectivity index (χ4v) is 4.41. The monoisotopic (exact) mass is 461 g/mol. The van der Waals surface area contributed by atoms with Crippen LogP contribution in [0, 0.1) is 3.57 Å². The summed E-state index contributed by atoms with van der Waals surface area (Å²) >= 11 is 2.13. The molecule has 6 nitrogen and oxygen atoms in total. The molecule has 0 saturated heterocycles. The molecule has 1 N–H and O–H groups in total. The first-order chi connectivity index (χ1) is 11.3. The summed E-state index contributed by atoms with van der Waals surface area (Å²) in [4.78, 5) is 12.6. The van der Waals surface area contributed by atoms with Crippen molar-refractivity contribution in [3.63, 3.8) is 0 Å². The number of nitrogens with zero attached hydrogens (tertiary/aromatic N) is 2. The quantitative estimate of drug-likeness (QED) is 0.673. The predicted octanol–water partition coefficient (Wildman–Crippen LogP) is 2.91. The molecule has 2 aromatic rings. The zero-order valence-electron chi connectivity index (χ0n) is 13.8. The predicted molar refractivity (Wildman–Crippen MR) is 103 cm³/mol. The SMILES string of the molecule is CCN(CC)S(=O)(=O)c1cc(C(=O)Nc2ccccc2I)n(C)c1. The number of hydrogen-bond donors (Lipinski definition) is 1. The number of rotatable bonds is 6. The van der Waals surface area contributed by atoms with Gasteiger partial charge in [0.05, 0.1) is 5.69 Å². The van der Waals surface area contributed by atoms with Gasteiger partial charge < -0.3 is 9.88 Å². The first-order valence-corrected chi connectivity index (χ1v) is 10.1. The van der Waals surface area contributed by atoms with E-state index >= 15 is 0 Å². The van der Waals surface area contributed by atoms with E-state index in [-0.39, 0.29) is 10.8 Å². The number of benzene rings is 1. The van der Waals surface area contributed by atoms with E-state index in [9.17, 15) is 13.2 Å². The molecule has 0 aliphatic heterocycles. The molecule has 0 atom stereocenters. The number of carbonyl (C=O) groups excluding carboxylic acids is 1. The van der Waals surface area contributed by atoms with Gasteiger partial charge in [-0.1, -0.05) is 26.0 Å². The Morgan fingerprint density at radius 1 is 1.25 bits per heavy atom. The zero-order chi connectivity index (χ0) is 17.9. The summed E-state index contributed by atoms with van der Waals surface area (Å²) in [7, 11) is -1.93. The Kier molecular flexibility index (Phi) is 6.05. The first-order valence-electron chi connectivity index (χ1n) is 7.53. The van der Waals surface area contributed by atoms with Crippen molar-refractivity contribution in [1.29, 1.82) is 0 Å². The number of sulfonamides is 1. The van der Waals surface area contributed by atoms with E-state index < -0.39 is 10.0 Å². The minimum atomic E-state index is -3.59. The van der Waals surface area contributed by atoms with Gasteiger partial charge in [0.25, 0.3) is 5.91 Å². The molecule has 0 saturated carbocycles. The van der Waals surface area contributed by atoms with Crippen LogP contribution in [0.1, 0.15) is 24.3 Å². The summed E-state index contributed by atoms with van der Waals surface area (Å²) in [5.74, 6) is -0.345. The molecule has 24 heavy (non-hydrogen) atoms. The molecule has 0 radical (unpaired) electrons. The van der Waals surface area contributed by atoms with Gasteiger partial charge in [-0.05, 0) is 40.8 Å². The van der Waals surface area contributed by atoms with E-state index in [1.54, 1.807) is 27.0 Å². The molecule has 130 valence electrons. The first kappa shape index (κ1) is 18.9. The third-order valence-electron chi connectivity index (χ3n) is 3.68. The minimum Gasteiger partial charge on any atom is -0.345 e. The molecule has 0 aliphatic carbocycles. The Hall–Kier alpha value is -1.39. The largest absolute Gasteiger partial charge is 0.345 e. The third-order valence-corrected chi connectivity index (χ3v) is 6.63. The van der Waals surface area contributed by atoms with Crippen LogP contribution in [0.5, 0.6) is 0 Å². The van der Waals surface area contributed by atoms with Gasteiger partial charge in [-0.15, -0.1) is 0 Å². The average Bonchev–Trinajstić information content (AvgIpc) is 2.93. The summed E-state index contributed by atoms with van der Waals surface area (Å²) in [6.07, 6.45) is 1.47. The summed E-state index contributed by atoms with van der Waals surface area (Å²) in [5, 5.41) is 2.81. The van der Waals surface area contributed by atoms with E-state index in [1.807, 2.05) is 18.2 Å². The number of hydrogen-bond acceptors (Lipinski definition) is 3. The molecule has 0 aliphatic rings. The fraction of sp³-hybridized carbons (Fsp3) is 0.312. The maximum atomic E-state index is 12.6. The number of aryl methyl sites for hydroxylation is 1. The number of para-hydroxylation sites is 1. The van der Waals surface area contributed by atoms with Crippen LogP contribution in [-0.4, -0.2) is 36.3 Å². The molecule has 0 bridgehead atoms. The van der Waals surface area contributed by atoms with Crippen molar-refractivity contribution in [3.8, 4) is 0 Å². The van der Waals surface area contributed by atoms with E-state index in [4.69, 9.17) is 0 Å². The van der Waals surface area contributed by atoms with Gasteiger partial charge in [-0.25, -0.2) is 8.42 Å². The topological polar surface area (TPSA) is 71.4 Å². The lowest BCUT2D eigenvalue weighted by molar-refractivity contribution is 0.101. The van der Waals surface area contributed by atoms with Gasteiger partial charge in [-0.3, -0.25) is 4.79 Å². The third kappa shape index (κ3) is 3.81. The average molecular weight is 461 g/mol. The van der Waals surface area contributed by atoms with Crippen molar-refractivity contribution in [2.75, 3.05) is 18.4 Å². The Morgan fingerprint density at radius 2 is 1.88 bits per heavy atom. The van der Waals surface area contributed by atoms with Gasteiger partial charge in [0.2, 0.25) is 10.0 Å². The Balaban J connectivity index is 2.32. The maximum Gasteiger partial charge on any atom is 0.272 e. The highest BCUT2D eigenvalue weighted by molar-refractivity contribution is 14.1. The second kappa shape index (κ2) is 7.66. The van der Waals surface area contributed by atoms with Crippen LogP contribution in [0.25, 0.3) is 0 Å². The molecule has 0 fully saturated rings. The number of nitrogens with one attached hydrogen (secondary N) is 1. The highest BCUT2D eigenvalue weighted by Crippen LogP contribution is 2.21. The summed E-state index contributed by atoms with van der Waals surface area (Å²) < 4.78 is 29.0. The molecular weight excluding hydrogens is 441 g/mol. The van der Waals surface area contributed by atoms with Crippen LogP contribution < -0.4 is 5.32 Å². The van der Waals surface area contributed by atoms with Crippen molar-refractivity contribution in [2.24, 2.45) is 7.05 Å². The van der Waals surface area contributed by atoms with E-state index in [0.717, 1.165) is 3.57 Å². The molecule has 1 heterocycles. The second-order valence-electron chi connectivity index (χ2n) is 5.20. The maximum absolute atomic E-state index is 12.6. The standard InChI is InChI=1S/C16H20IN3O3S/c1-4-20(5-2)24(22,23)12-10-15(19(3)11-12)16(21)18-14-9-7-6-8-13(14)17/h6-11H,4-5H2,1-3H3,(H,18,21). The molecule has 0 spiro atoms. The van der Waals surface area contributed by atoms with Crippen LogP contribution in [0.4, 0.5) is 5.69 Å². The number of amides is 1. The summed E-state index contributed by atoms with van der Waals surface area (Å²) in [6, 6.07) is 8.82. The van der Waals surface area contributed by atoms with Crippen LogP contribution in [0.3, 0.4) is 0 Å². The van der Waals surface area contributed by atoms with Crippen molar-refractivity contribution in [3.05, 3.63) is 45.8 Å². The lowest BCUT2D eigenvalue weighted by Crippen LogP contribution is -2.30. The molecule has 0 unspecified atom stereocenters. The van der Waals surface area contributed by atoms with Crippen molar-refractivity contribution >= 4 is 44.2 Å². The van der Waals surface area contributed by atoms with E-state index in [2.05, 4.69) is 27.9 Å². The van der Waals surface area contributed by atoms with Crippen molar-refractivity contribution < 1.29 is 13.2 Å². The molecule has 1 aromatic heterocycles. The van der Waals surface area contributed by atoms with Crippen molar-refractivity contribution in [2.45, 2.75) is 18.7 Å². The minimum absolute atomic E-state index is 0.126. The van der Waals surface area contributed by atoms with Crippen molar-refractivity contribution in [1.82, 2.24) is 8.87 Å². The van der Waals surface area contributed by atoms with E-state index in [1.165, 1.54) is 21.1 Å². The fourth-order valence-electron chi connectivity index (χ4n) is 2.36. The van der Waals surface area contributed by atoms with Crippen LogP contribution in [-0.2, 0) is 17.1 Å². The Morgan fingerprint density at radius 3 is 2.46 bits per heavy atom. The molecular formula is C16H20IN3O3S. The highest BCUT2D eigenvalue weighted by Gasteiger charge is 2.25. The molecule has 1 amide bonds. The zero-order valence-corrected chi connectivity index (χ0v) is 16.8. The Bertz CT molecular complexity index is 842. The lowest BCUT2D eigenvalue weighted by atomic mass is 10.3. The molecule has 8 heteroatoms. The van der Waals surface area contributed by atoms with Gasteiger partial charge in [0.1, 0.15) is 10.6 Å². The summed E-state index contributed by atoms with van der Waals surface area (Å²) in [6.45, 7) is 4.35. The van der Waals surface area contributed by atoms with Gasteiger partial charge >= 0.3 is 0 Å². The second-order valence-corrected chi connectivity index (χ2v) is 8.30. The highest BCUT2D eigenvalue weighted by atomic mass is 127. The number of halogens is 1. The van der Waals surface area contributed by atoms with Crippen LogP contribution in [0.15, 0.2) is 41.4 Å². The number of anilines is 1. The molecule has 1 aromatic carbocycles. The van der Waals surface area contributed by atoms with Crippen LogP contribution in [0.2, 0.25) is 0 Å². The molecule has 2 rings (SSSR count). The normalized spacial score (nSPS) is 11.7. The van der Waals surface area contributed by atoms with E-state index in [0.29, 0.717) is 24.5 Å². The Labute approximate surface area is 156 Å². The van der Waals surface area contributed by atoms with Gasteiger partial charge in [-0.2, -0.15) is 4.31 Å². The number of carbonyl (C=O) groups is 1. The van der Waals surface area contributed by atoms with Gasteiger partial charge in [0, 0.05) is 29.9 Å². The van der Waals surface area contributed by atoms with Gasteiger partial charge in [0.15, 0.2) is 0 Å². The lowest BCUT2D eigenvalue weighted by Gasteiger charge is -2.17.